The lowest BCUT2D eigenvalue weighted by atomic mass is 10.2. The summed E-state index contributed by atoms with van der Waals surface area (Å²) in [5.41, 5.74) is 0.958. The highest BCUT2D eigenvalue weighted by Gasteiger charge is 2.09. The number of rotatable bonds is 6. The molecule has 0 saturated carbocycles. The van der Waals surface area contributed by atoms with Crippen LogP contribution in [-0.2, 0) is 4.79 Å². The van der Waals surface area contributed by atoms with Crippen LogP contribution in [-0.4, -0.2) is 46.9 Å². The van der Waals surface area contributed by atoms with Gasteiger partial charge in [0.15, 0.2) is 5.13 Å². The largest absolute Gasteiger partial charge is 0.303 e. The van der Waals surface area contributed by atoms with Crippen molar-refractivity contribution in [1.82, 2.24) is 9.88 Å². The predicted molar refractivity (Wildman–Crippen MR) is 87.7 cm³/mol. The number of likely N-dealkylation sites (tertiary alicyclic amines) is 1. The summed E-state index contributed by atoms with van der Waals surface area (Å²) in [5.74, 6) is 1.61. The molecule has 0 spiro atoms. The standard InChI is InChI=1S/C14H23N3OS2/c1-12-10-20-14(15-12)16-13(18)11-19-9-8-17-6-4-2-3-5-7-17/h10H,2-9,11H2,1H3,(H,15,16,18). The molecule has 1 aliphatic rings. The van der Waals surface area contributed by atoms with Crippen LogP contribution in [0.2, 0.25) is 0 Å². The van der Waals surface area contributed by atoms with Gasteiger partial charge in [0.05, 0.1) is 11.4 Å². The smallest absolute Gasteiger partial charge is 0.236 e. The van der Waals surface area contributed by atoms with E-state index in [0.717, 1.165) is 18.0 Å². The molecule has 1 aliphatic heterocycles. The molecule has 0 radical (unpaired) electrons. The minimum atomic E-state index is 0.0558. The summed E-state index contributed by atoms with van der Waals surface area (Å²) < 4.78 is 0. The number of hydrogen-bond donors (Lipinski definition) is 1. The molecule has 1 aromatic rings. The Morgan fingerprint density at radius 1 is 1.40 bits per heavy atom. The first-order valence-corrected chi connectivity index (χ1v) is 9.29. The highest BCUT2D eigenvalue weighted by molar-refractivity contribution is 7.99. The topological polar surface area (TPSA) is 45.2 Å². The summed E-state index contributed by atoms with van der Waals surface area (Å²) in [4.78, 5) is 18.5. The maximum absolute atomic E-state index is 11.7. The fourth-order valence-corrected chi connectivity index (χ4v) is 3.78. The third kappa shape index (κ3) is 5.81. The molecular formula is C14H23N3OS2. The third-order valence-corrected chi connectivity index (χ3v) is 5.16. The summed E-state index contributed by atoms with van der Waals surface area (Å²) in [5, 5.41) is 5.50. The predicted octanol–water partition coefficient (Wildman–Crippen LogP) is 3.00. The zero-order chi connectivity index (χ0) is 14.2. The van der Waals surface area contributed by atoms with Crippen LogP contribution in [0.4, 0.5) is 5.13 Å². The Hall–Kier alpha value is -0.590. The minimum Gasteiger partial charge on any atom is -0.303 e. The van der Waals surface area contributed by atoms with E-state index in [1.54, 1.807) is 11.8 Å². The second-order valence-electron chi connectivity index (χ2n) is 5.15. The number of thioether (sulfide) groups is 1. The summed E-state index contributed by atoms with van der Waals surface area (Å²) in [7, 11) is 0. The van der Waals surface area contributed by atoms with Crippen molar-refractivity contribution < 1.29 is 4.79 Å². The Bertz CT molecular complexity index is 414. The van der Waals surface area contributed by atoms with E-state index in [0.29, 0.717) is 10.9 Å². The first-order valence-electron chi connectivity index (χ1n) is 7.26. The second kappa shape index (κ2) is 8.64. The van der Waals surface area contributed by atoms with Gasteiger partial charge in [0.2, 0.25) is 5.91 Å². The number of thiazole rings is 1. The van der Waals surface area contributed by atoms with Gasteiger partial charge in [-0.2, -0.15) is 11.8 Å². The number of nitrogens with one attached hydrogen (secondary N) is 1. The third-order valence-electron chi connectivity index (χ3n) is 3.35. The summed E-state index contributed by atoms with van der Waals surface area (Å²) in [6.45, 7) is 5.49. The fourth-order valence-electron chi connectivity index (χ4n) is 2.29. The van der Waals surface area contributed by atoms with Crippen LogP contribution in [0.1, 0.15) is 31.4 Å². The first kappa shape index (κ1) is 15.8. The van der Waals surface area contributed by atoms with Crippen molar-refractivity contribution in [3.05, 3.63) is 11.1 Å². The maximum Gasteiger partial charge on any atom is 0.236 e. The Balaban J connectivity index is 1.57. The molecule has 0 unspecified atom stereocenters. The molecule has 1 aromatic heterocycles. The number of hydrogen-bond acceptors (Lipinski definition) is 5. The number of nitrogens with zero attached hydrogens (tertiary/aromatic N) is 2. The molecule has 20 heavy (non-hydrogen) atoms. The number of anilines is 1. The minimum absolute atomic E-state index is 0.0558. The van der Waals surface area contributed by atoms with E-state index in [1.165, 1.54) is 50.1 Å². The van der Waals surface area contributed by atoms with Gasteiger partial charge < -0.3 is 10.2 Å². The van der Waals surface area contributed by atoms with Crippen molar-refractivity contribution in [3.8, 4) is 0 Å². The number of aromatic nitrogens is 1. The van der Waals surface area contributed by atoms with Crippen molar-refractivity contribution in [3.63, 3.8) is 0 Å². The highest BCUT2D eigenvalue weighted by Crippen LogP contribution is 2.15. The lowest BCUT2D eigenvalue weighted by molar-refractivity contribution is -0.113. The zero-order valence-corrected chi connectivity index (χ0v) is 13.7. The Labute approximate surface area is 129 Å². The van der Waals surface area contributed by atoms with Crippen molar-refractivity contribution >= 4 is 34.1 Å². The van der Waals surface area contributed by atoms with Crippen LogP contribution in [0, 0.1) is 6.92 Å². The Morgan fingerprint density at radius 3 is 2.80 bits per heavy atom. The van der Waals surface area contributed by atoms with Crippen molar-refractivity contribution in [2.75, 3.05) is 36.5 Å². The molecule has 0 bridgehead atoms. The van der Waals surface area contributed by atoms with Gasteiger partial charge in [0.25, 0.3) is 0 Å². The molecule has 0 atom stereocenters. The molecule has 1 fully saturated rings. The highest BCUT2D eigenvalue weighted by atomic mass is 32.2. The quantitative estimate of drug-likeness (QED) is 0.820. The molecule has 112 valence electrons. The van der Waals surface area contributed by atoms with Gasteiger partial charge in [-0.15, -0.1) is 11.3 Å². The van der Waals surface area contributed by atoms with E-state index in [4.69, 9.17) is 0 Å². The van der Waals surface area contributed by atoms with E-state index in [1.807, 2.05) is 12.3 Å². The van der Waals surface area contributed by atoms with Gasteiger partial charge >= 0.3 is 0 Å². The molecule has 4 nitrogen and oxygen atoms in total. The SMILES string of the molecule is Cc1csc(NC(=O)CSCCN2CCCCCC2)n1. The number of carbonyl (C=O) groups excluding carboxylic acids is 1. The number of aryl methyl sites for hydroxylation is 1. The molecule has 0 aliphatic carbocycles. The fraction of sp³-hybridized carbons (Fsp3) is 0.714. The monoisotopic (exact) mass is 313 g/mol. The van der Waals surface area contributed by atoms with Crippen LogP contribution in [0.15, 0.2) is 5.38 Å². The molecule has 2 heterocycles. The average Bonchev–Trinajstić information content (AvgIpc) is 2.67. The molecule has 1 saturated heterocycles. The van der Waals surface area contributed by atoms with Gasteiger partial charge in [-0.05, 0) is 32.9 Å². The van der Waals surface area contributed by atoms with Gasteiger partial charge in [0.1, 0.15) is 0 Å². The molecular weight excluding hydrogens is 290 g/mol. The lowest BCUT2D eigenvalue weighted by Crippen LogP contribution is -2.27. The second-order valence-corrected chi connectivity index (χ2v) is 7.11. The molecule has 2 rings (SSSR count). The van der Waals surface area contributed by atoms with E-state index in [-0.39, 0.29) is 5.91 Å². The summed E-state index contributed by atoms with van der Waals surface area (Å²) >= 11 is 3.19. The first-order chi connectivity index (χ1) is 9.74. The molecule has 6 heteroatoms. The van der Waals surface area contributed by atoms with E-state index in [2.05, 4.69) is 15.2 Å². The van der Waals surface area contributed by atoms with Gasteiger partial charge in [-0.3, -0.25) is 4.79 Å². The summed E-state index contributed by atoms with van der Waals surface area (Å²) in [6.07, 6.45) is 5.40. The molecule has 1 amide bonds. The van der Waals surface area contributed by atoms with Crippen LogP contribution in [0.3, 0.4) is 0 Å². The normalized spacial score (nSPS) is 16.9. The van der Waals surface area contributed by atoms with Crippen molar-refractivity contribution in [2.45, 2.75) is 32.6 Å². The van der Waals surface area contributed by atoms with Crippen molar-refractivity contribution in [1.29, 1.82) is 0 Å². The van der Waals surface area contributed by atoms with Gasteiger partial charge in [-0.25, -0.2) is 4.98 Å². The van der Waals surface area contributed by atoms with Gasteiger partial charge in [-0.1, -0.05) is 12.8 Å². The Morgan fingerprint density at radius 2 is 2.15 bits per heavy atom. The number of amides is 1. The molecule has 0 aromatic carbocycles. The number of carbonyl (C=O) groups is 1. The van der Waals surface area contributed by atoms with Crippen LogP contribution in [0.25, 0.3) is 0 Å². The van der Waals surface area contributed by atoms with Crippen LogP contribution in [0.5, 0.6) is 0 Å². The van der Waals surface area contributed by atoms with E-state index < -0.39 is 0 Å². The summed E-state index contributed by atoms with van der Waals surface area (Å²) in [6, 6.07) is 0. The average molecular weight is 313 g/mol. The van der Waals surface area contributed by atoms with Crippen molar-refractivity contribution in [2.24, 2.45) is 0 Å². The van der Waals surface area contributed by atoms with Crippen LogP contribution < -0.4 is 5.32 Å². The Kier molecular flexibility index (Phi) is 6.82. The van der Waals surface area contributed by atoms with Crippen LogP contribution >= 0.6 is 23.1 Å². The van der Waals surface area contributed by atoms with E-state index in [9.17, 15) is 4.79 Å². The molecule has 1 N–H and O–H groups in total. The maximum atomic E-state index is 11.7. The zero-order valence-electron chi connectivity index (χ0n) is 12.1. The van der Waals surface area contributed by atoms with Gasteiger partial charge in [0, 0.05) is 17.7 Å². The van der Waals surface area contributed by atoms with E-state index >= 15 is 0 Å². The lowest BCUT2D eigenvalue weighted by Gasteiger charge is -2.18.